The van der Waals surface area contributed by atoms with Gasteiger partial charge >= 0.3 is 12.0 Å². The van der Waals surface area contributed by atoms with Gasteiger partial charge in [-0.05, 0) is 30.7 Å². The van der Waals surface area contributed by atoms with Gasteiger partial charge < -0.3 is 14.8 Å². The second-order valence-corrected chi connectivity index (χ2v) is 4.86. The van der Waals surface area contributed by atoms with Crippen molar-refractivity contribution < 1.29 is 23.9 Å². The lowest BCUT2D eigenvalue weighted by Crippen LogP contribution is -2.30. The van der Waals surface area contributed by atoms with Gasteiger partial charge in [0.25, 0.3) is 5.91 Å². The molecular weight excluding hydrogens is 312 g/mol. The number of carbonyl (C=O) groups is 3. The third-order valence-electron chi connectivity index (χ3n) is 3.13. The minimum Gasteiger partial charge on any atom is -0.482 e. The van der Waals surface area contributed by atoms with E-state index < -0.39 is 17.9 Å². The van der Waals surface area contributed by atoms with Gasteiger partial charge in [-0.15, -0.1) is 6.58 Å². The minimum atomic E-state index is -0.472. The molecule has 0 aliphatic carbocycles. The SMILES string of the molecule is C=CCN1C(=O)N/C(=C/c2ccc(OCC(=O)OCC)cc2)C1=O. The fourth-order valence-corrected chi connectivity index (χ4v) is 2.04. The summed E-state index contributed by atoms with van der Waals surface area (Å²) in [6, 6.07) is 6.27. The Bertz CT molecular complexity index is 679. The van der Waals surface area contributed by atoms with Crippen LogP contribution < -0.4 is 10.1 Å². The molecule has 1 N–H and O–H groups in total. The van der Waals surface area contributed by atoms with Crippen LogP contribution in [0.15, 0.2) is 42.6 Å². The summed E-state index contributed by atoms with van der Waals surface area (Å²) < 4.78 is 10.0. The number of nitrogens with one attached hydrogen (secondary N) is 1. The van der Waals surface area contributed by atoms with Crippen LogP contribution in [0.3, 0.4) is 0 Å². The largest absolute Gasteiger partial charge is 0.482 e. The maximum atomic E-state index is 12.1. The van der Waals surface area contributed by atoms with Crippen molar-refractivity contribution in [3.8, 4) is 5.75 Å². The molecule has 126 valence electrons. The van der Waals surface area contributed by atoms with Crippen molar-refractivity contribution in [2.45, 2.75) is 6.92 Å². The molecule has 0 saturated carbocycles. The van der Waals surface area contributed by atoms with E-state index >= 15 is 0 Å². The van der Waals surface area contributed by atoms with Crippen molar-refractivity contribution in [2.24, 2.45) is 0 Å². The molecular formula is C17H18N2O5. The van der Waals surface area contributed by atoms with Gasteiger partial charge in [0.15, 0.2) is 6.61 Å². The van der Waals surface area contributed by atoms with E-state index in [1.165, 1.54) is 6.08 Å². The van der Waals surface area contributed by atoms with Crippen LogP contribution in [-0.2, 0) is 14.3 Å². The molecule has 0 bridgehead atoms. The van der Waals surface area contributed by atoms with Crippen LogP contribution in [0.2, 0.25) is 0 Å². The van der Waals surface area contributed by atoms with Gasteiger partial charge in [0.2, 0.25) is 0 Å². The van der Waals surface area contributed by atoms with Crippen molar-refractivity contribution in [1.82, 2.24) is 10.2 Å². The molecule has 1 heterocycles. The third-order valence-corrected chi connectivity index (χ3v) is 3.13. The van der Waals surface area contributed by atoms with Gasteiger partial charge in [0, 0.05) is 6.54 Å². The molecule has 1 saturated heterocycles. The zero-order valence-corrected chi connectivity index (χ0v) is 13.3. The summed E-state index contributed by atoms with van der Waals surface area (Å²) in [4.78, 5) is 36.0. The summed E-state index contributed by atoms with van der Waals surface area (Å²) in [6.45, 7) is 5.53. The topological polar surface area (TPSA) is 84.9 Å². The summed E-state index contributed by atoms with van der Waals surface area (Å²) in [6.07, 6.45) is 3.05. The van der Waals surface area contributed by atoms with E-state index in [1.54, 1.807) is 37.3 Å². The van der Waals surface area contributed by atoms with Crippen LogP contribution in [0, 0.1) is 0 Å². The quantitative estimate of drug-likeness (QED) is 0.356. The predicted octanol–water partition coefficient (Wildman–Crippen LogP) is 1.71. The Morgan fingerprint density at radius 3 is 2.62 bits per heavy atom. The highest BCUT2D eigenvalue weighted by Crippen LogP contribution is 2.17. The Morgan fingerprint density at radius 2 is 2.00 bits per heavy atom. The first kappa shape index (κ1) is 17.3. The first-order valence-corrected chi connectivity index (χ1v) is 7.39. The Balaban J connectivity index is 2.01. The van der Waals surface area contributed by atoms with E-state index in [0.29, 0.717) is 17.9 Å². The Labute approximate surface area is 139 Å². The average molecular weight is 330 g/mol. The molecule has 0 spiro atoms. The maximum Gasteiger partial charge on any atom is 0.344 e. The normalized spacial score (nSPS) is 15.4. The molecule has 7 nitrogen and oxygen atoms in total. The minimum absolute atomic E-state index is 0.155. The number of rotatable bonds is 7. The molecule has 1 aliphatic rings. The molecule has 0 atom stereocenters. The van der Waals surface area contributed by atoms with Gasteiger partial charge in [-0.25, -0.2) is 9.59 Å². The number of urea groups is 1. The van der Waals surface area contributed by atoms with Crippen LogP contribution in [0.25, 0.3) is 6.08 Å². The van der Waals surface area contributed by atoms with Gasteiger partial charge in [-0.3, -0.25) is 9.69 Å². The molecule has 24 heavy (non-hydrogen) atoms. The summed E-state index contributed by atoms with van der Waals surface area (Å²) in [5.41, 5.74) is 0.907. The maximum absolute atomic E-state index is 12.1. The highest BCUT2D eigenvalue weighted by Gasteiger charge is 2.32. The van der Waals surface area contributed by atoms with Crippen LogP contribution in [0.1, 0.15) is 12.5 Å². The van der Waals surface area contributed by atoms with Crippen LogP contribution >= 0.6 is 0 Å². The molecule has 0 aromatic heterocycles. The number of amides is 3. The summed E-state index contributed by atoms with van der Waals surface area (Å²) in [7, 11) is 0. The summed E-state index contributed by atoms with van der Waals surface area (Å²) in [5, 5.41) is 2.51. The van der Waals surface area contributed by atoms with Gasteiger partial charge in [-0.1, -0.05) is 18.2 Å². The second-order valence-electron chi connectivity index (χ2n) is 4.86. The summed E-state index contributed by atoms with van der Waals surface area (Å²) in [5.74, 6) is -0.340. The molecule has 3 amide bonds. The molecule has 1 aromatic carbocycles. The first-order valence-electron chi connectivity index (χ1n) is 7.39. The molecule has 1 aromatic rings. The fourth-order valence-electron chi connectivity index (χ4n) is 2.04. The van der Waals surface area contributed by atoms with E-state index in [9.17, 15) is 14.4 Å². The predicted molar refractivity (Wildman–Crippen MR) is 87.0 cm³/mol. The number of imide groups is 1. The monoisotopic (exact) mass is 330 g/mol. The van der Waals surface area contributed by atoms with Crippen LogP contribution in [0.4, 0.5) is 4.79 Å². The molecule has 7 heteroatoms. The molecule has 0 radical (unpaired) electrons. The number of benzene rings is 1. The number of carbonyl (C=O) groups excluding carboxylic acids is 3. The lowest BCUT2D eigenvalue weighted by atomic mass is 10.2. The van der Waals surface area contributed by atoms with E-state index in [2.05, 4.69) is 11.9 Å². The zero-order valence-electron chi connectivity index (χ0n) is 13.3. The Hall–Kier alpha value is -3.09. The number of hydrogen-bond donors (Lipinski definition) is 1. The van der Waals surface area contributed by atoms with Crippen molar-refractivity contribution in [2.75, 3.05) is 19.8 Å². The van der Waals surface area contributed by atoms with Crippen molar-refractivity contribution in [3.63, 3.8) is 0 Å². The lowest BCUT2D eigenvalue weighted by molar-refractivity contribution is -0.145. The van der Waals surface area contributed by atoms with Crippen LogP contribution in [0.5, 0.6) is 5.75 Å². The van der Waals surface area contributed by atoms with Gasteiger partial charge in [0.1, 0.15) is 11.4 Å². The van der Waals surface area contributed by atoms with E-state index in [-0.39, 0.29) is 18.8 Å². The van der Waals surface area contributed by atoms with E-state index in [4.69, 9.17) is 9.47 Å². The smallest absolute Gasteiger partial charge is 0.344 e. The Kier molecular flexibility index (Phi) is 5.73. The number of hydrogen-bond acceptors (Lipinski definition) is 5. The second kappa shape index (κ2) is 7.96. The van der Waals surface area contributed by atoms with Crippen molar-refractivity contribution in [1.29, 1.82) is 0 Å². The number of nitrogens with zero attached hydrogens (tertiary/aromatic N) is 1. The molecule has 0 unspecified atom stereocenters. The van der Waals surface area contributed by atoms with E-state index in [1.807, 2.05) is 0 Å². The molecule has 2 rings (SSSR count). The highest BCUT2D eigenvalue weighted by molar-refractivity contribution is 6.14. The zero-order chi connectivity index (χ0) is 17.5. The number of ether oxygens (including phenoxy) is 2. The fraction of sp³-hybridized carbons (Fsp3) is 0.235. The van der Waals surface area contributed by atoms with Crippen molar-refractivity contribution in [3.05, 3.63) is 48.2 Å². The summed E-state index contributed by atoms with van der Waals surface area (Å²) >= 11 is 0. The van der Waals surface area contributed by atoms with Crippen molar-refractivity contribution >= 4 is 24.0 Å². The Morgan fingerprint density at radius 1 is 1.29 bits per heavy atom. The first-order chi connectivity index (χ1) is 11.5. The molecule has 1 fully saturated rings. The van der Waals surface area contributed by atoms with E-state index in [0.717, 1.165) is 4.90 Å². The third kappa shape index (κ3) is 4.22. The standard InChI is InChI=1S/C17H18N2O5/c1-3-9-19-16(21)14(18-17(19)22)10-12-5-7-13(8-6-12)24-11-15(20)23-4-2/h3,5-8,10H,1,4,9,11H2,2H3,(H,18,22)/b14-10+. The van der Waals surface area contributed by atoms with Gasteiger partial charge in [0.05, 0.1) is 6.61 Å². The van der Waals surface area contributed by atoms with Crippen LogP contribution in [-0.4, -0.2) is 42.6 Å². The highest BCUT2D eigenvalue weighted by atomic mass is 16.6. The average Bonchev–Trinajstić information content (AvgIpc) is 2.82. The number of esters is 1. The lowest BCUT2D eigenvalue weighted by Gasteiger charge is -2.07. The van der Waals surface area contributed by atoms with Gasteiger partial charge in [-0.2, -0.15) is 0 Å². The molecule has 1 aliphatic heterocycles.